The number of rotatable bonds is 18. The van der Waals surface area contributed by atoms with Crippen LogP contribution in [0.2, 0.25) is 196 Å². The first kappa shape index (κ1) is 61.3. The van der Waals surface area contributed by atoms with Gasteiger partial charge in [0.1, 0.15) is 0 Å². The topological polar surface area (TPSA) is 12.0 Å². The molecule has 64 heavy (non-hydrogen) atoms. The Morgan fingerprint density at radius 2 is 0.578 bits per heavy atom. The van der Waals surface area contributed by atoms with Crippen LogP contribution >= 0.6 is 10.5 Å². The molecule has 0 radical (unpaired) electrons. The van der Waals surface area contributed by atoms with E-state index in [9.17, 15) is 0 Å². The monoisotopic (exact) mass is 1120 g/mol. The minimum atomic E-state index is -2.72. The van der Waals surface area contributed by atoms with Gasteiger partial charge in [-0.1, -0.05) is 0 Å². The molecule has 0 atom stereocenters. The third kappa shape index (κ3) is 15.1. The SMILES string of the molecule is CC(C)(C)c1cc(C([Si](C)(C)C)[Si](C)(C)C)[c]([Ge](=[S])[NH]c2c(C([Si](C)(C)C)[Si](C)(C)C)cc(C([Si](C)(C)C)[Si](C)(C)C)cc2C([Si](C)(C)C)[Si](C)(C)C)c(C([Si](C)(C)C)[Si](C)(C)C)c1. The molecule has 0 saturated carbocycles. The summed E-state index contributed by atoms with van der Waals surface area (Å²) in [5.74, 6) is 0. The van der Waals surface area contributed by atoms with Crippen molar-refractivity contribution in [3.8, 4) is 0 Å². The van der Waals surface area contributed by atoms with Crippen LogP contribution in [0.25, 0.3) is 0 Å². The number of hydrogen-bond acceptors (Lipinski definition) is 1. The average Bonchev–Trinajstić information content (AvgIpc) is 2.90. The zero-order valence-electron chi connectivity index (χ0n) is 49.1. The molecule has 0 unspecified atom stereocenters. The Bertz CT molecular complexity index is 1790. The standard InChI is InChI=1S/C51H109GeNSSi10/c1-51(2,3)39-36-40(47(57(10,11)12)58(13,14)15)44(41(37-39)48(59(16,17)18)60(19,20)21)52(54)53-45-42(49(61(22,23)24)62(25,26)27)34-38(46(55(4,5)6)56(7,8)9)35-43(45)50(63(28,29)30)64(31,32)33/h34-37,46-50,53H,1-33H3. The third-order valence-corrected chi connectivity index (χ3v) is 65.2. The van der Waals surface area contributed by atoms with E-state index in [0.29, 0.717) is 25.8 Å². The predicted molar refractivity (Wildman–Crippen MR) is 335 cm³/mol. The molecule has 368 valence electrons. The van der Waals surface area contributed by atoms with Crippen LogP contribution in [0.4, 0.5) is 5.69 Å². The van der Waals surface area contributed by atoms with Gasteiger partial charge in [0.2, 0.25) is 0 Å². The minimum absolute atomic E-state index is 0.0627. The summed E-state index contributed by atoms with van der Waals surface area (Å²) in [6, 6.07) is 11.4. The maximum absolute atomic E-state index is 7.57. The van der Waals surface area contributed by atoms with E-state index in [1.54, 1.807) is 43.5 Å². The van der Waals surface area contributed by atoms with Crippen molar-refractivity contribution in [2.75, 3.05) is 4.27 Å². The molecule has 0 aromatic heterocycles. The molecule has 0 aliphatic rings. The molecule has 1 N–H and O–H groups in total. The van der Waals surface area contributed by atoms with Gasteiger partial charge in [0, 0.05) is 0 Å². The van der Waals surface area contributed by atoms with E-state index in [0.717, 1.165) is 0 Å². The second-order valence-electron chi connectivity index (χ2n) is 32.6. The van der Waals surface area contributed by atoms with Crippen molar-refractivity contribution in [3.05, 3.63) is 57.6 Å². The van der Waals surface area contributed by atoms with Gasteiger partial charge in [-0.05, 0) is 0 Å². The van der Waals surface area contributed by atoms with Crippen LogP contribution in [-0.4, -0.2) is 93.7 Å². The molecule has 0 aliphatic heterocycles. The molecule has 0 bridgehead atoms. The Morgan fingerprint density at radius 3 is 0.781 bits per heavy atom. The zero-order valence-corrected chi connectivity index (χ0v) is 62.0. The van der Waals surface area contributed by atoms with Gasteiger partial charge in [-0.15, -0.1) is 0 Å². The van der Waals surface area contributed by atoms with Crippen LogP contribution in [0, 0.1) is 0 Å². The van der Waals surface area contributed by atoms with Crippen LogP contribution in [0.3, 0.4) is 0 Å². The van der Waals surface area contributed by atoms with Crippen molar-refractivity contribution < 1.29 is 0 Å². The van der Waals surface area contributed by atoms with E-state index in [2.05, 4.69) is 241 Å². The molecule has 0 aliphatic carbocycles. The fourth-order valence-electron chi connectivity index (χ4n) is 14.7. The second-order valence-corrected chi connectivity index (χ2v) is 93.7. The summed E-state index contributed by atoms with van der Waals surface area (Å²) in [4.78, 5) is 0. The summed E-state index contributed by atoms with van der Waals surface area (Å²) in [6.45, 7) is 88.3. The Balaban J connectivity index is 3.74. The van der Waals surface area contributed by atoms with Gasteiger partial charge < -0.3 is 0 Å². The predicted octanol–water partition coefficient (Wildman–Crippen LogP) is 18.2. The van der Waals surface area contributed by atoms with Crippen molar-refractivity contribution >= 4 is 114 Å². The number of benzene rings is 2. The molecular weight excluding hydrogens is 1010 g/mol. The summed E-state index contributed by atoms with van der Waals surface area (Å²) in [6.07, 6.45) is 0. The first-order valence-electron chi connectivity index (χ1n) is 25.3. The van der Waals surface area contributed by atoms with Gasteiger partial charge in [0.25, 0.3) is 0 Å². The fraction of sp³-hybridized carbons (Fsp3) is 0.765. The van der Waals surface area contributed by atoms with Crippen LogP contribution in [0.15, 0.2) is 24.3 Å². The average molecular weight is 1120 g/mol. The van der Waals surface area contributed by atoms with Crippen LogP contribution in [-0.2, 0) is 5.41 Å². The third-order valence-electron chi connectivity index (χ3n) is 14.0. The number of anilines is 1. The molecule has 0 saturated heterocycles. The molecule has 1 nitrogen and oxygen atoms in total. The molecule has 0 heterocycles. The van der Waals surface area contributed by atoms with Crippen LogP contribution < -0.4 is 8.67 Å². The van der Waals surface area contributed by atoms with E-state index < -0.39 is 93.7 Å². The molecule has 0 amide bonds. The van der Waals surface area contributed by atoms with Gasteiger partial charge in [-0.2, -0.15) is 0 Å². The summed E-state index contributed by atoms with van der Waals surface area (Å²) >= 11 is -2.72. The Morgan fingerprint density at radius 1 is 0.359 bits per heavy atom. The van der Waals surface area contributed by atoms with E-state index in [-0.39, 0.29) is 5.41 Å². The zero-order chi connectivity index (χ0) is 51.1. The van der Waals surface area contributed by atoms with Crippen molar-refractivity contribution in [3.63, 3.8) is 0 Å². The van der Waals surface area contributed by atoms with E-state index >= 15 is 0 Å². The Hall–Kier alpha value is 1.17. The normalized spacial score (nSPS) is 15.1. The first-order valence-corrected chi connectivity index (χ1v) is 66.2. The molecule has 2 rings (SSSR count). The van der Waals surface area contributed by atoms with Crippen molar-refractivity contribution in [1.29, 1.82) is 0 Å². The van der Waals surface area contributed by atoms with Crippen molar-refractivity contribution in [2.24, 2.45) is 0 Å². The van der Waals surface area contributed by atoms with E-state index in [1.165, 1.54) is 0 Å². The van der Waals surface area contributed by atoms with Gasteiger partial charge in [-0.25, -0.2) is 0 Å². The number of hydrogen-bond donors (Lipinski definition) is 1. The van der Waals surface area contributed by atoms with Gasteiger partial charge in [0.05, 0.1) is 0 Å². The Labute approximate surface area is 420 Å². The number of nitrogens with one attached hydrogen (secondary N) is 1. The fourth-order valence-corrected chi connectivity index (χ4v) is 84.6. The molecule has 13 heteroatoms. The molecule has 2 aromatic carbocycles. The summed E-state index contributed by atoms with van der Waals surface area (Å²) in [5.41, 5.74) is 11.8. The summed E-state index contributed by atoms with van der Waals surface area (Å²) < 4.78 is 6.50. The van der Waals surface area contributed by atoms with E-state index in [1.807, 2.05) is 0 Å². The van der Waals surface area contributed by atoms with Gasteiger partial charge in [0.15, 0.2) is 0 Å². The quantitative estimate of drug-likeness (QED) is 0.149. The van der Waals surface area contributed by atoms with Gasteiger partial charge in [-0.3, -0.25) is 0 Å². The van der Waals surface area contributed by atoms with Crippen LogP contribution in [0.5, 0.6) is 0 Å². The molecule has 0 spiro atoms. The molecule has 0 fully saturated rings. The second kappa shape index (κ2) is 19.6. The molecule has 2 aromatic rings. The first-order chi connectivity index (χ1) is 27.7. The van der Waals surface area contributed by atoms with Crippen molar-refractivity contribution in [1.82, 2.24) is 0 Å². The summed E-state index contributed by atoms with van der Waals surface area (Å²) in [7, 11) is -9.42. The molecular formula is C51H109GeNSSi10. The van der Waals surface area contributed by atoms with Crippen molar-refractivity contribution in [2.45, 2.75) is 248 Å². The van der Waals surface area contributed by atoms with Crippen LogP contribution in [0.1, 0.15) is 80.0 Å². The van der Waals surface area contributed by atoms with E-state index in [4.69, 9.17) is 14.7 Å². The van der Waals surface area contributed by atoms with Gasteiger partial charge >= 0.3 is 425 Å². The maximum atomic E-state index is 7.57. The Kier molecular flexibility index (Phi) is 18.8. The summed E-state index contributed by atoms with van der Waals surface area (Å²) in [5, 5.41) is 3.23.